The number of benzene rings is 1. The Morgan fingerprint density at radius 2 is 2.00 bits per heavy atom. The Kier molecular flexibility index (Phi) is 6.09. The maximum Gasteiger partial charge on any atom is 0.124 e. The average Bonchev–Trinajstić information content (AvgIpc) is 2.14. The maximum absolute atomic E-state index is 13.1. The number of aliphatic hydroxyl groups excluding tert-OH is 1. The fourth-order valence-electron chi connectivity index (χ4n) is 1.61. The van der Waals surface area contributed by atoms with Gasteiger partial charge in [-0.15, -0.1) is 0 Å². The molecule has 17 heavy (non-hydrogen) atoms. The van der Waals surface area contributed by atoms with E-state index in [0.29, 0.717) is 23.4 Å². The largest absolute Gasteiger partial charge is 0.391 e. The van der Waals surface area contributed by atoms with Gasteiger partial charge < -0.3 is 10.4 Å². The molecule has 2 N–H and O–H groups in total. The molecule has 0 saturated heterocycles. The van der Waals surface area contributed by atoms with Crippen molar-refractivity contribution in [2.24, 2.45) is 5.92 Å². The van der Waals surface area contributed by atoms with Crippen LogP contribution >= 0.6 is 15.9 Å². The quantitative estimate of drug-likeness (QED) is 0.847. The third kappa shape index (κ3) is 6.15. The molecule has 0 spiro atoms. The summed E-state index contributed by atoms with van der Waals surface area (Å²) >= 11 is 3.24. The second-order valence-electron chi connectivity index (χ2n) is 4.69. The first-order valence-corrected chi connectivity index (χ1v) is 6.60. The van der Waals surface area contributed by atoms with Crippen LogP contribution in [-0.2, 0) is 6.42 Å². The molecule has 0 fully saturated rings. The summed E-state index contributed by atoms with van der Waals surface area (Å²) in [7, 11) is 0. The summed E-state index contributed by atoms with van der Waals surface area (Å²) < 4.78 is 13.8. The summed E-state index contributed by atoms with van der Waals surface area (Å²) in [4.78, 5) is 0. The zero-order chi connectivity index (χ0) is 12.8. The van der Waals surface area contributed by atoms with E-state index in [1.165, 1.54) is 12.1 Å². The summed E-state index contributed by atoms with van der Waals surface area (Å²) in [5.41, 5.74) is 0.802. The van der Waals surface area contributed by atoms with Gasteiger partial charge in [0.05, 0.1) is 6.10 Å². The Labute approximate surface area is 110 Å². The fraction of sp³-hybridized carbons (Fsp3) is 0.538. The number of nitrogens with one attached hydrogen (secondary N) is 1. The van der Waals surface area contributed by atoms with Gasteiger partial charge in [0.15, 0.2) is 0 Å². The van der Waals surface area contributed by atoms with Crippen molar-refractivity contribution in [2.75, 3.05) is 13.1 Å². The Bertz CT molecular complexity index is 337. The highest BCUT2D eigenvalue weighted by atomic mass is 79.9. The van der Waals surface area contributed by atoms with Crippen LogP contribution in [0.3, 0.4) is 0 Å². The molecule has 1 unspecified atom stereocenters. The minimum atomic E-state index is -0.484. The summed E-state index contributed by atoms with van der Waals surface area (Å²) in [5, 5.41) is 13.0. The predicted molar refractivity (Wildman–Crippen MR) is 71.5 cm³/mol. The standard InChI is InChI=1S/C13H19BrFNO/c1-9(2)7-16-8-13(17)5-10-3-11(14)6-12(15)4-10/h3-4,6,9,13,16-17H,5,7-8H2,1-2H3. The molecule has 0 amide bonds. The molecule has 0 aliphatic heterocycles. The average molecular weight is 304 g/mol. The van der Waals surface area contributed by atoms with Gasteiger partial charge in [0.25, 0.3) is 0 Å². The van der Waals surface area contributed by atoms with Crippen LogP contribution in [0, 0.1) is 11.7 Å². The lowest BCUT2D eigenvalue weighted by Gasteiger charge is -2.13. The van der Waals surface area contributed by atoms with Crippen molar-refractivity contribution in [1.82, 2.24) is 5.32 Å². The molecule has 0 aliphatic carbocycles. The van der Waals surface area contributed by atoms with Gasteiger partial charge in [0.1, 0.15) is 5.82 Å². The van der Waals surface area contributed by atoms with Gasteiger partial charge in [-0.1, -0.05) is 29.8 Å². The first kappa shape index (κ1) is 14.6. The van der Waals surface area contributed by atoms with E-state index in [-0.39, 0.29) is 5.82 Å². The molecule has 1 rings (SSSR count). The smallest absolute Gasteiger partial charge is 0.124 e. The number of hydrogen-bond acceptors (Lipinski definition) is 2. The Morgan fingerprint density at radius 3 is 2.59 bits per heavy atom. The molecule has 0 saturated carbocycles. The van der Waals surface area contributed by atoms with E-state index in [0.717, 1.165) is 12.1 Å². The zero-order valence-electron chi connectivity index (χ0n) is 10.2. The lowest BCUT2D eigenvalue weighted by molar-refractivity contribution is 0.170. The minimum Gasteiger partial charge on any atom is -0.391 e. The van der Waals surface area contributed by atoms with Gasteiger partial charge in [0.2, 0.25) is 0 Å². The lowest BCUT2D eigenvalue weighted by atomic mass is 10.1. The first-order valence-electron chi connectivity index (χ1n) is 5.81. The van der Waals surface area contributed by atoms with E-state index < -0.39 is 6.10 Å². The molecule has 2 nitrogen and oxygen atoms in total. The second-order valence-corrected chi connectivity index (χ2v) is 5.60. The number of aliphatic hydroxyl groups is 1. The van der Waals surface area contributed by atoms with Crippen molar-refractivity contribution in [1.29, 1.82) is 0 Å². The third-order valence-electron chi connectivity index (χ3n) is 2.33. The number of rotatable bonds is 6. The van der Waals surface area contributed by atoms with Crippen LogP contribution in [0.4, 0.5) is 4.39 Å². The summed E-state index contributed by atoms with van der Waals surface area (Å²) in [5.74, 6) is 0.280. The van der Waals surface area contributed by atoms with Crippen LogP contribution < -0.4 is 5.32 Å². The lowest BCUT2D eigenvalue weighted by Crippen LogP contribution is -2.30. The molecule has 1 aromatic rings. The minimum absolute atomic E-state index is 0.281. The predicted octanol–water partition coefficient (Wildman–Crippen LogP) is 2.74. The summed E-state index contributed by atoms with van der Waals surface area (Å²) in [6.07, 6.45) is -0.0241. The van der Waals surface area contributed by atoms with Gasteiger partial charge in [-0.3, -0.25) is 0 Å². The molecule has 1 aromatic carbocycles. The van der Waals surface area contributed by atoms with Crippen molar-refractivity contribution >= 4 is 15.9 Å². The van der Waals surface area contributed by atoms with Crippen LogP contribution in [0.1, 0.15) is 19.4 Å². The second kappa shape index (κ2) is 7.09. The van der Waals surface area contributed by atoms with E-state index in [1.807, 2.05) is 6.07 Å². The molecule has 96 valence electrons. The van der Waals surface area contributed by atoms with E-state index in [2.05, 4.69) is 35.1 Å². The summed E-state index contributed by atoms with van der Waals surface area (Å²) in [6, 6.07) is 4.69. The number of hydrogen-bond donors (Lipinski definition) is 2. The van der Waals surface area contributed by atoms with E-state index in [9.17, 15) is 9.50 Å². The van der Waals surface area contributed by atoms with Gasteiger partial charge >= 0.3 is 0 Å². The van der Waals surface area contributed by atoms with E-state index in [1.54, 1.807) is 0 Å². The van der Waals surface area contributed by atoms with Gasteiger partial charge in [-0.25, -0.2) is 4.39 Å². The molecule has 0 aromatic heterocycles. The Hall–Kier alpha value is -0.450. The van der Waals surface area contributed by atoms with Crippen molar-refractivity contribution in [3.63, 3.8) is 0 Å². The molecule has 4 heteroatoms. The Morgan fingerprint density at radius 1 is 1.29 bits per heavy atom. The molecule has 1 atom stereocenters. The highest BCUT2D eigenvalue weighted by Crippen LogP contribution is 2.16. The first-order chi connectivity index (χ1) is 7.97. The van der Waals surface area contributed by atoms with Crippen LogP contribution in [0.15, 0.2) is 22.7 Å². The van der Waals surface area contributed by atoms with Gasteiger partial charge in [-0.05, 0) is 42.6 Å². The van der Waals surface area contributed by atoms with Gasteiger partial charge in [-0.2, -0.15) is 0 Å². The highest BCUT2D eigenvalue weighted by Gasteiger charge is 2.07. The normalized spacial score (nSPS) is 13.1. The van der Waals surface area contributed by atoms with Crippen molar-refractivity contribution in [3.8, 4) is 0 Å². The molecule has 0 bridgehead atoms. The van der Waals surface area contributed by atoms with Crippen molar-refractivity contribution in [3.05, 3.63) is 34.1 Å². The fourth-order valence-corrected chi connectivity index (χ4v) is 2.12. The molecular formula is C13H19BrFNO. The Balaban J connectivity index is 2.42. The maximum atomic E-state index is 13.1. The number of halogens is 2. The van der Waals surface area contributed by atoms with E-state index >= 15 is 0 Å². The van der Waals surface area contributed by atoms with Crippen LogP contribution in [0.2, 0.25) is 0 Å². The summed E-state index contributed by atoms with van der Waals surface area (Å²) in [6.45, 7) is 5.64. The van der Waals surface area contributed by atoms with Crippen LogP contribution in [0.25, 0.3) is 0 Å². The molecule has 0 aliphatic rings. The van der Waals surface area contributed by atoms with Crippen molar-refractivity contribution in [2.45, 2.75) is 26.4 Å². The highest BCUT2D eigenvalue weighted by molar-refractivity contribution is 9.10. The monoisotopic (exact) mass is 303 g/mol. The molecular weight excluding hydrogens is 285 g/mol. The molecule has 0 heterocycles. The van der Waals surface area contributed by atoms with Crippen molar-refractivity contribution < 1.29 is 9.50 Å². The van der Waals surface area contributed by atoms with E-state index in [4.69, 9.17) is 0 Å². The topological polar surface area (TPSA) is 32.3 Å². The van der Waals surface area contributed by atoms with Crippen LogP contribution in [-0.4, -0.2) is 24.3 Å². The zero-order valence-corrected chi connectivity index (χ0v) is 11.8. The SMILES string of the molecule is CC(C)CNCC(O)Cc1cc(F)cc(Br)c1. The molecule has 0 radical (unpaired) electrons. The van der Waals surface area contributed by atoms with Gasteiger partial charge in [0, 0.05) is 11.0 Å². The van der Waals surface area contributed by atoms with Crippen LogP contribution in [0.5, 0.6) is 0 Å². The third-order valence-corrected chi connectivity index (χ3v) is 2.78.